The molecule has 0 bridgehead atoms. The summed E-state index contributed by atoms with van der Waals surface area (Å²) in [5.74, 6) is -2.85. The fourth-order valence-corrected chi connectivity index (χ4v) is 4.88. The summed E-state index contributed by atoms with van der Waals surface area (Å²) in [5.41, 5.74) is 4.50. The zero-order chi connectivity index (χ0) is 24.5. The van der Waals surface area contributed by atoms with E-state index in [0.717, 1.165) is 22.3 Å². The lowest BCUT2D eigenvalue weighted by Gasteiger charge is -2.33. The number of hydrogen-bond acceptors (Lipinski definition) is 6. The number of benzene rings is 2. The maximum Gasteiger partial charge on any atom is 0.411 e. The summed E-state index contributed by atoms with van der Waals surface area (Å²) in [5, 5.41) is 21.8. The SMILES string of the molecule is O=C(Nc1ccoc1C(=O)N1CC(O)CC(C(=O)O)C1)OCC1c2ccccc2-c2ccccc21. The summed E-state index contributed by atoms with van der Waals surface area (Å²) in [4.78, 5) is 38.1. The smallest absolute Gasteiger partial charge is 0.411 e. The van der Waals surface area contributed by atoms with Crippen LogP contribution in [0, 0.1) is 5.92 Å². The average molecular weight is 476 g/mol. The normalized spacial score (nSPS) is 19.1. The Bertz CT molecular complexity index is 1240. The first-order valence-corrected chi connectivity index (χ1v) is 11.3. The molecule has 0 saturated carbocycles. The number of likely N-dealkylation sites (tertiary alicyclic amines) is 1. The molecule has 2 heterocycles. The largest absolute Gasteiger partial charge is 0.481 e. The quantitative estimate of drug-likeness (QED) is 0.514. The van der Waals surface area contributed by atoms with Gasteiger partial charge in [0.25, 0.3) is 5.91 Å². The maximum atomic E-state index is 13.0. The molecule has 2 atom stereocenters. The highest BCUT2D eigenvalue weighted by atomic mass is 16.5. The Hall–Kier alpha value is -4.11. The van der Waals surface area contributed by atoms with Crippen LogP contribution >= 0.6 is 0 Å². The van der Waals surface area contributed by atoms with Crippen LogP contribution in [0.5, 0.6) is 0 Å². The number of β-amino-alcohol motifs (C(OH)–C–C–N with tert-alkyl or cyclic N) is 1. The molecule has 2 aliphatic rings. The first kappa shape index (κ1) is 22.7. The molecule has 0 radical (unpaired) electrons. The Morgan fingerprint density at radius 3 is 2.31 bits per heavy atom. The lowest BCUT2D eigenvalue weighted by Crippen LogP contribution is -2.48. The Kier molecular flexibility index (Phi) is 6.00. The molecular formula is C26H24N2O7. The van der Waals surface area contributed by atoms with Crippen LogP contribution in [0.15, 0.2) is 65.3 Å². The van der Waals surface area contributed by atoms with Gasteiger partial charge in [-0.15, -0.1) is 0 Å². The third-order valence-corrected chi connectivity index (χ3v) is 6.50. The number of nitrogens with one attached hydrogen (secondary N) is 1. The van der Waals surface area contributed by atoms with Crippen LogP contribution in [0.1, 0.15) is 34.0 Å². The van der Waals surface area contributed by atoms with Crippen molar-refractivity contribution in [2.75, 3.05) is 25.0 Å². The van der Waals surface area contributed by atoms with E-state index in [9.17, 15) is 24.6 Å². The first-order chi connectivity index (χ1) is 16.9. The van der Waals surface area contributed by atoms with E-state index >= 15 is 0 Å². The topological polar surface area (TPSA) is 129 Å². The number of piperidine rings is 1. The van der Waals surface area contributed by atoms with Crippen molar-refractivity contribution < 1.29 is 33.8 Å². The number of carboxylic acids is 1. The third-order valence-electron chi connectivity index (χ3n) is 6.50. The number of anilines is 1. The Balaban J connectivity index is 1.26. The molecule has 1 aliphatic heterocycles. The first-order valence-electron chi connectivity index (χ1n) is 11.3. The van der Waals surface area contributed by atoms with Gasteiger partial charge in [-0.1, -0.05) is 48.5 Å². The fourth-order valence-electron chi connectivity index (χ4n) is 4.88. The van der Waals surface area contributed by atoms with Crippen molar-refractivity contribution in [1.29, 1.82) is 0 Å². The zero-order valence-electron chi connectivity index (χ0n) is 18.7. The molecule has 2 aromatic carbocycles. The second-order valence-corrected chi connectivity index (χ2v) is 8.75. The monoisotopic (exact) mass is 476 g/mol. The molecule has 35 heavy (non-hydrogen) atoms. The van der Waals surface area contributed by atoms with E-state index in [0.29, 0.717) is 0 Å². The summed E-state index contributed by atoms with van der Waals surface area (Å²) in [6.45, 7) is 0.0314. The lowest BCUT2D eigenvalue weighted by atomic mass is 9.96. The van der Waals surface area contributed by atoms with Crippen LogP contribution in [0.3, 0.4) is 0 Å². The van der Waals surface area contributed by atoms with E-state index in [4.69, 9.17) is 9.15 Å². The number of fused-ring (bicyclic) bond motifs is 3. The number of aliphatic hydroxyl groups is 1. The van der Waals surface area contributed by atoms with E-state index in [1.54, 1.807) is 0 Å². The fraction of sp³-hybridized carbons (Fsp3) is 0.269. The second kappa shape index (κ2) is 9.27. The number of carbonyl (C=O) groups excluding carboxylic acids is 2. The molecule has 3 aromatic rings. The third kappa shape index (κ3) is 4.38. The van der Waals surface area contributed by atoms with Crippen LogP contribution in [0.4, 0.5) is 10.5 Å². The average Bonchev–Trinajstić information content (AvgIpc) is 3.44. The number of hydrogen-bond donors (Lipinski definition) is 3. The molecule has 1 aromatic heterocycles. The van der Waals surface area contributed by atoms with Crippen LogP contribution in [0.2, 0.25) is 0 Å². The van der Waals surface area contributed by atoms with Gasteiger partial charge in [0.2, 0.25) is 5.76 Å². The van der Waals surface area contributed by atoms with Gasteiger partial charge >= 0.3 is 12.1 Å². The highest BCUT2D eigenvalue weighted by Crippen LogP contribution is 2.44. The van der Waals surface area contributed by atoms with Crippen LogP contribution in [-0.4, -0.2) is 58.9 Å². The Morgan fingerprint density at radius 2 is 1.66 bits per heavy atom. The number of carboxylic acid groups (broad SMARTS) is 1. The van der Waals surface area contributed by atoms with Crippen molar-refractivity contribution in [3.8, 4) is 11.1 Å². The molecule has 180 valence electrons. The van der Waals surface area contributed by atoms with Crippen LogP contribution < -0.4 is 5.32 Å². The van der Waals surface area contributed by atoms with Crippen molar-refractivity contribution >= 4 is 23.7 Å². The van der Waals surface area contributed by atoms with Gasteiger partial charge < -0.3 is 24.3 Å². The number of furan rings is 1. The predicted octanol–water partition coefficient (Wildman–Crippen LogP) is 3.55. The molecule has 3 N–H and O–H groups in total. The minimum atomic E-state index is -1.09. The molecule has 0 spiro atoms. The minimum absolute atomic E-state index is 0.0201. The van der Waals surface area contributed by atoms with Gasteiger partial charge in [0.1, 0.15) is 6.61 Å². The lowest BCUT2D eigenvalue weighted by molar-refractivity contribution is -0.144. The van der Waals surface area contributed by atoms with Gasteiger partial charge in [-0.2, -0.15) is 0 Å². The van der Waals surface area contributed by atoms with Gasteiger partial charge in [0.05, 0.1) is 24.0 Å². The highest BCUT2D eigenvalue weighted by molar-refractivity contribution is 6.00. The van der Waals surface area contributed by atoms with E-state index in [-0.39, 0.29) is 43.5 Å². The number of amides is 2. The second-order valence-electron chi connectivity index (χ2n) is 8.75. The molecule has 1 aliphatic carbocycles. The van der Waals surface area contributed by atoms with Gasteiger partial charge in [-0.25, -0.2) is 4.79 Å². The summed E-state index contributed by atoms with van der Waals surface area (Å²) >= 11 is 0. The number of aliphatic hydroxyl groups excluding tert-OH is 1. The molecule has 2 amide bonds. The molecule has 5 rings (SSSR count). The summed E-state index contributed by atoms with van der Waals surface area (Å²) in [7, 11) is 0. The van der Waals surface area contributed by atoms with E-state index < -0.39 is 30.0 Å². The van der Waals surface area contributed by atoms with Crippen molar-refractivity contribution in [2.45, 2.75) is 18.4 Å². The van der Waals surface area contributed by atoms with E-state index in [2.05, 4.69) is 5.32 Å². The number of ether oxygens (including phenoxy) is 1. The van der Waals surface area contributed by atoms with Gasteiger partial charge in [-0.3, -0.25) is 14.9 Å². The Labute approximate surface area is 200 Å². The van der Waals surface area contributed by atoms with Crippen LogP contribution in [0.25, 0.3) is 11.1 Å². The minimum Gasteiger partial charge on any atom is -0.481 e. The molecule has 1 saturated heterocycles. The number of carbonyl (C=O) groups is 3. The molecule has 9 heteroatoms. The molecular weight excluding hydrogens is 452 g/mol. The van der Waals surface area contributed by atoms with Crippen molar-refractivity contribution in [1.82, 2.24) is 4.90 Å². The summed E-state index contributed by atoms with van der Waals surface area (Å²) in [6, 6.07) is 17.4. The van der Waals surface area contributed by atoms with Gasteiger partial charge in [0.15, 0.2) is 0 Å². The Morgan fingerprint density at radius 1 is 1.00 bits per heavy atom. The highest BCUT2D eigenvalue weighted by Gasteiger charge is 2.35. The molecule has 1 fully saturated rings. The predicted molar refractivity (Wildman–Crippen MR) is 125 cm³/mol. The molecule has 2 unspecified atom stereocenters. The number of nitrogens with zero attached hydrogens (tertiary/aromatic N) is 1. The number of aliphatic carboxylic acids is 1. The van der Waals surface area contributed by atoms with Crippen molar-refractivity contribution in [3.63, 3.8) is 0 Å². The van der Waals surface area contributed by atoms with E-state index in [1.807, 2.05) is 48.5 Å². The summed E-state index contributed by atoms with van der Waals surface area (Å²) in [6.07, 6.45) is -0.379. The van der Waals surface area contributed by atoms with Crippen molar-refractivity contribution in [2.24, 2.45) is 5.92 Å². The van der Waals surface area contributed by atoms with E-state index in [1.165, 1.54) is 17.2 Å². The summed E-state index contributed by atoms with van der Waals surface area (Å²) < 4.78 is 10.8. The zero-order valence-corrected chi connectivity index (χ0v) is 18.7. The van der Waals surface area contributed by atoms with Gasteiger partial charge in [-0.05, 0) is 28.7 Å². The van der Waals surface area contributed by atoms with Gasteiger partial charge in [0, 0.05) is 25.1 Å². The maximum absolute atomic E-state index is 13.0. The standard InChI is InChI=1S/C26H24N2O7/c29-16-11-15(25(31)32)12-28(13-16)24(30)23-22(9-10-34-23)27-26(33)35-14-21-19-7-3-1-5-17(19)18-6-2-4-8-20(18)21/h1-10,15-16,21,29H,11-14H2,(H,27,33)(H,31,32). The number of rotatable bonds is 5. The van der Waals surface area contributed by atoms with Crippen LogP contribution in [-0.2, 0) is 9.53 Å². The molecule has 9 nitrogen and oxygen atoms in total. The van der Waals surface area contributed by atoms with Crippen molar-refractivity contribution in [3.05, 3.63) is 77.7 Å².